The Morgan fingerprint density at radius 1 is 0.946 bits per heavy atom. The second-order valence-corrected chi connectivity index (χ2v) is 10.0. The van der Waals surface area contributed by atoms with Crippen LogP contribution in [-0.4, -0.2) is 37.1 Å². The molecule has 37 heavy (non-hydrogen) atoms. The average molecular weight is 555 g/mol. The maximum absolute atomic E-state index is 12.8. The van der Waals surface area contributed by atoms with E-state index in [1.165, 1.54) is 6.07 Å². The zero-order valence-corrected chi connectivity index (χ0v) is 20.8. The van der Waals surface area contributed by atoms with E-state index in [9.17, 15) is 31.2 Å². The first-order valence-corrected chi connectivity index (χ1v) is 12.9. The first-order valence-electron chi connectivity index (χ1n) is 10.9. The number of anilines is 1. The number of carbonyl (C=O) groups excluding carboxylic acids is 2. The molecule has 0 saturated carbocycles. The number of carbonyl (C=O) groups is 2. The van der Waals surface area contributed by atoms with Crippen molar-refractivity contribution < 1.29 is 35.7 Å². The fraction of sp³-hybridized carbons (Fsp3) is 0.200. The number of alkyl halides is 3. The Labute approximate surface area is 216 Å². The molecule has 0 radical (unpaired) electrons. The molecular formula is C25H22ClF3N2O5S. The van der Waals surface area contributed by atoms with Gasteiger partial charge in [-0.3, -0.25) is 14.1 Å². The van der Waals surface area contributed by atoms with Gasteiger partial charge in [0.25, 0.3) is 16.0 Å². The van der Waals surface area contributed by atoms with Crippen molar-refractivity contribution in [3.05, 3.63) is 88.4 Å². The Balaban J connectivity index is 1.51. The van der Waals surface area contributed by atoms with Gasteiger partial charge >= 0.3 is 6.18 Å². The average Bonchev–Trinajstić information content (AvgIpc) is 2.82. The number of aryl methyl sites for hydroxylation is 1. The normalized spacial score (nSPS) is 11.7. The van der Waals surface area contributed by atoms with Gasteiger partial charge < -0.3 is 10.6 Å². The number of halogens is 4. The van der Waals surface area contributed by atoms with Crippen LogP contribution in [0.25, 0.3) is 11.1 Å². The van der Waals surface area contributed by atoms with Gasteiger partial charge in [-0.05, 0) is 53.9 Å². The van der Waals surface area contributed by atoms with E-state index in [1.807, 2.05) is 0 Å². The van der Waals surface area contributed by atoms with Gasteiger partial charge in [0.1, 0.15) is 0 Å². The minimum absolute atomic E-state index is 0.0341. The first-order chi connectivity index (χ1) is 17.3. The van der Waals surface area contributed by atoms with Crippen LogP contribution in [0, 0.1) is 0 Å². The third kappa shape index (κ3) is 8.59. The molecule has 196 valence electrons. The number of benzene rings is 3. The van der Waals surface area contributed by atoms with Crippen molar-refractivity contribution in [1.82, 2.24) is 5.32 Å². The molecule has 0 bridgehead atoms. The number of hydrogen-bond acceptors (Lipinski definition) is 4. The minimum Gasteiger partial charge on any atom is -0.351 e. The summed E-state index contributed by atoms with van der Waals surface area (Å²) >= 11 is 6.04. The number of amides is 2. The first kappa shape index (κ1) is 28.2. The van der Waals surface area contributed by atoms with Crippen LogP contribution in [0.2, 0.25) is 5.02 Å². The molecule has 12 heteroatoms. The molecule has 3 aromatic carbocycles. The van der Waals surface area contributed by atoms with Crippen molar-refractivity contribution in [2.45, 2.75) is 19.0 Å². The standard InChI is InChI=1S/C25H22ClF3N2O5S/c26-22-15-19(25(27,28)29)8-11-21(22)17-6-9-20(10-7-17)31-23(32)12-3-16-1-4-18(5-2-16)24(33)30-13-14-37(34,35)36/h1-2,4-11,15H,3,12-14H2,(H,30,33)(H,31,32)(H,34,35,36). The van der Waals surface area contributed by atoms with Crippen LogP contribution in [0.3, 0.4) is 0 Å². The topological polar surface area (TPSA) is 113 Å². The number of rotatable bonds is 9. The predicted octanol–water partition coefficient (Wildman–Crippen LogP) is 5.21. The molecule has 0 heterocycles. The fourth-order valence-electron chi connectivity index (χ4n) is 3.36. The van der Waals surface area contributed by atoms with Gasteiger partial charge in [0.15, 0.2) is 0 Å². The van der Waals surface area contributed by atoms with E-state index in [0.717, 1.165) is 17.7 Å². The third-order valence-corrected chi connectivity index (χ3v) is 6.31. The van der Waals surface area contributed by atoms with Crippen molar-refractivity contribution in [1.29, 1.82) is 0 Å². The molecule has 0 aliphatic rings. The van der Waals surface area contributed by atoms with Crippen LogP contribution >= 0.6 is 11.6 Å². The molecule has 3 N–H and O–H groups in total. The highest BCUT2D eigenvalue weighted by molar-refractivity contribution is 7.85. The van der Waals surface area contributed by atoms with E-state index in [-0.39, 0.29) is 23.9 Å². The van der Waals surface area contributed by atoms with E-state index in [2.05, 4.69) is 10.6 Å². The number of nitrogens with one attached hydrogen (secondary N) is 2. The molecule has 0 unspecified atom stereocenters. The van der Waals surface area contributed by atoms with Crippen LogP contribution in [0.1, 0.15) is 27.9 Å². The molecule has 0 aliphatic carbocycles. The Hall–Kier alpha value is -3.41. The van der Waals surface area contributed by atoms with E-state index >= 15 is 0 Å². The van der Waals surface area contributed by atoms with Gasteiger partial charge in [-0.25, -0.2) is 0 Å². The van der Waals surface area contributed by atoms with Crippen LogP contribution < -0.4 is 10.6 Å². The Kier molecular flexibility index (Phi) is 8.95. The van der Waals surface area contributed by atoms with E-state index in [0.29, 0.717) is 28.8 Å². The summed E-state index contributed by atoms with van der Waals surface area (Å²) in [6.45, 7) is -0.224. The van der Waals surface area contributed by atoms with Crippen molar-refractivity contribution >= 4 is 39.2 Å². The SMILES string of the molecule is O=C(CCc1ccc(C(=O)NCCS(=O)(=O)O)cc1)Nc1ccc(-c2ccc(C(F)(F)F)cc2Cl)cc1. The second kappa shape index (κ2) is 11.8. The highest BCUT2D eigenvalue weighted by Crippen LogP contribution is 2.35. The molecule has 7 nitrogen and oxygen atoms in total. The van der Waals surface area contributed by atoms with Gasteiger partial charge in [0.05, 0.1) is 11.3 Å². The van der Waals surface area contributed by atoms with E-state index in [1.54, 1.807) is 48.5 Å². The smallest absolute Gasteiger partial charge is 0.351 e. The van der Waals surface area contributed by atoms with Crippen LogP contribution in [-0.2, 0) is 27.5 Å². The van der Waals surface area contributed by atoms with E-state index in [4.69, 9.17) is 16.2 Å². The summed E-state index contributed by atoms with van der Waals surface area (Å²) in [5.41, 5.74) is 1.81. The summed E-state index contributed by atoms with van der Waals surface area (Å²) in [6.07, 6.45) is -3.93. The fourth-order valence-corrected chi connectivity index (χ4v) is 4.01. The van der Waals surface area contributed by atoms with Gasteiger partial charge in [0, 0.05) is 34.8 Å². The van der Waals surface area contributed by atoms with Crippen LogP contribution in [0.15, 0.2) is 66.7 Å². The minimum atomic E-state index is -4.49. The summed E-state index contributed by atoms with van der Waals surface area (Å²) in [4.78, 5) is 24.3. The van der Waals surface area contributed by atoms with Gasteiger partial charge in [0.2, 0.25) is 5.91 Å². The lowest BCUT2D eigenvalue weighted by atomic mass is 10.0. The summed E-state index contributed by atoms with van der Waals surface area (Å²) in [6, 6.07) is 16.1. The molecule has 0 fully saturated rings. The van der Waals surface area contributed by atoms with Crippen molar-refractivity contribution in [2.75, 3.05) is 17.6 Å². The maximum Gasteiger partial charge on any atom is 0.416 e. The predicted molar refractivity (Wildman–Crippen MR) is 134 cm³/mol. The second-order valence-electron chi connectivity index (χ2n) is 8.06. The Bertz CT molecular complexity index is 1380. The Morgan fingerprint density at radius 2 is 1.59 bits per heavy atom. The van der Waals surface area contributed by atoms with Gasteiger partial charge in [-0.1, -0.05) is 41.9 Å². The van der Waals surface area contributed by atoms with Gasteiger partial charge in [-0.15, -0.1) is 0 Å². The van der Waals surface area contributed by atoms with Crippen molar-refractivity contribution in [3.8, 4) is 11.1 Å². The van der Waals surface area contributed by atoms with E-state index < -0.39 is 33.5 Å². The largest absolute Gasteiger partial charge is 0.416 e. The molecule has 3 rings (SSSR count). The lowest BCUT2D eigenvalue weighted by Crippen LogP contribution is -2.28. The maximum atomic E-state index is 12.8. The lowest BCUT2D eigenvalue weighted by molar-refractivity contribution is -0.137. The highest BCUT2D eigenvalue weighted by Gasteiger charge is 2.30. The molecule has 3 aromatic rings. The third-order valence-electron chi connectivity index (χ3n) is 5.28. The molecule has 0 aliphatic heterocycles. The zero-order chi connectivity index (χ0) is 27.2. The molecule has 0 atom stereocenters. The number of hydrogen-bond donors (Lipinski definition) is 3. The summed E-state index contributed by atoms with van der Waals surface area (Å²) < 4.78 is 68.6. The molecule has 0 saturated heterocycles. The molecule has 0 spiro atoms. The van der Waals surface area contributed by atoms with Crippen LogP contribution in [0.5, 0.6) is 0 Å². The quantitative estimate of drug-likeness (QED) is 0.314. The van der Waals surface area contributed by atoms with Crippen molar-refractivity contribution in [3.63, 3.8) is 0 Å². The zero-order valence-electron chi connectivity index (χ0n) is 19.2. The summed E-state index contributed by atoms with van der Waals surface area (Å²) in [5.74, 6) is -1.33. The monoisotopic (exact) mass is 554 g/mol. The van der Waals surface area contributed by atoms with Gasteiger partial charge in [-0.2, -0.15) is 21.6 Å². The van der Waals surface area contributed by atoms with Crippen LogP contribution in [0.4, 0.5) is 18.9 Å². The summed E-state index contributed by atoms with van der Waals surface area (Å²) in [5, 5.41) is 5.09. The molecular weight excluding hydrogens is 533 g/mol. The lowest BCUT2D eigenvalue weighted by Gasteiger charge is -2.11. The Morgan fingerprint density at radius 3 is 2.16 bits per heavy atom. The highest BCUT2D eigenvalue weighted by atomic mass is 35.5. The van der Waals surface area contributed by atoms with Crippen molar-refractivity contribution in [2.24, 2.45) is 0 Å². The molecule has 0 aromatic heterocycles. The summed E-state index contributed by atoms with van der Waals surface area (Å²) in [7, 11) is -4.16. The molecule has 2 amide bonds.